The summed E-state index contributed by atoms with van der Waals surface area (Å²) in [5.74, 6) is 0. The van der Waals surface area contributed by atoms with Gasteiger partial charge in [0.05, 0.1) is 5.69 Å². The Bertz CT molecular complexity index is 566. The Morgan fingerprint density at radius 3 is 2.95 bits per heavy atom. The lowest BCUT2D eigenvalue weighted by atomic mass is 10.1. The quantitative estimate of drug-likeness (QED) is 0.902. The van der Waals surface area contributed by atoms with E-state index in [1.807, 2.05) is 12.3 Å². The Labute approximate surface area is 120 Å². The van der Waals surface area contributed by atoms with Gasteiger partial charge in [0, 0.05) is 31.5 Å². The van der Waals surface area contributed by atoms with Crippen LogP contribution in [0.5, 0.6) is 0 Å². The molecule has 3 heteroatoms. The summed E-state index contributed by atoms with van der Waals surface area (Å²) in [5, 5.41) is 3.45. The molecule has 0 amide bonds. The fraction of sp³-hybridized carbons (Fsp3) is 0.353. The average molecular weight is 267 g/mol. The number of anilines is 1. The molecule has 0 aliphatic carbocycles. The first-order chi connectivity index (χ1) is 9.85. The van der Waals surface area contributed by atoms with Gasteiger partial charge in [-0.25, -0.2) is 0 Å². The fourth-order valence-electron chi connectivity index (χ4n) is 2.69. The third kappa shape index (κ3) is 2.99. The number of nitrogens with one attached hydrogen (secondary N) is 1. The Balaban J connectivity index is 1.68. The topological polar surface area (TPSA) is 28.2 Å². The van der Waals surface area contributed by atoms with E-state index in [1.54, 1.807) is 0 Å². The Kier molecular flexibility index (Phi) is 3.97. The maximum atomic E-state index is 4.41. The second-order valence-electron chi connectivity index (χ2n) is 5.29. The molecule has 20 heavy (non-hydrogen) atoms. The van der Waals surface area contributed by atoms with Crippen LogP contribution in [0.25, 0.3) is 0 Å². The van der Waals surface area contributed by atoms with Crippen LogP contribution in [0.1, 0.15) is 23.7 Å². The summed E-state index contributed by atoms with van der Waals surface area (Å²) in [7, 11) is 0. The molecule has 0 fully saturated rings. The van der Waals surface area contributed by atoms with Crippen molar-refractivity contribution in [2.75, 3.05) is 18.4 Å². The molecule has 3 nitrogen and oxygen atoms in total. The van der Waals surface area contributed by atoms with Crippen LogP contribution in [0.4, 0.5) is 5.69 Å². The third-order valence-corrected chi connectivity index (χ3v) is 3.85. The van der Waals surface area contributed by atoms with E-state index in [1.165, 1.54) is 16.8 Å². The third-order valence-electron chi connectivity index (χ3n) is 3.85. The smallest absolute Gasteiger partial charge is 0.0544 e. The van der Waals surface area contributed by atoms with Gasteiger partial charge in [-0.2, -0.15) is 0 Å². The zero-order valence-corrected chi connectivity index (χ0v) is 12.0. The minimum absolute atomic E-state index is 0.905. The lowest BCUT2D eigenvalue weighted by Gasteiger charge is -2.20. The highest BCUT2D eigenvalue weighted by molar-refractivity contribution is 5.57. The van der Waals surface area contributed by atoms with Crippen LogP contribution in [0.2, 0.25) is 0 Å². The summed E-state index contributed by atoms with van der Waals surface area (Å²) in [5.41, 5.74) is 5.27. The van der Waals surface area contributed by atoms with Gasteiger partial charge < -0.3 is 5.32 Å². The van der Waals surface area contributed by atoms with Crippen LogP contribution >= 0.6 is 0 Å². The maximum Gasteiger partial charge on any atom is 0.0544 e. The Hall–Kier alpha value is -1.87. The number of aromatic nitrogens is 1. The zero-order valence-electron chi connectivity index (χ0n) is 12.0. The first-order valence-corrected chi connectivity index (χ1v) is 7.33. The number of nitrogens with zero attached hydrogens (tertiary/aromatic N) is 2. The van der Waals surface area contributed by atoms with Gasteiger partial charge in [-0.05, 0) is 42.3 Å². The van der Waals surface area contributed by atoms with Gasteiger partial charge in [0.1, 0.15) is 0 Å². The van der Waals surface area contributed by atoms with Gasteiger partial charge in [-0.3, -0.25) is 9.88 Å². The van der Waals surface area contributed by atoms with Gasteiger partial charge in [0.15, 0.2) is 0 Å². The minimum atomic E-state index is 0.905. The van der Waals surface area contributed by atoms with Crippen molar-refractivity contribution < 1.29 is 0 Å². The van der Waals surface area contributed by atoms with Gasteiger partial charge in [-0.15, -0.1) is 0 Å². The van der Waals surface area contributed by atoms with Gasteiger partial charge >= 0.3 is 0 Å². The summed E-state index contributed by atoms with van der Waals surface area (Å²) < 4.78 is 0. The van der Waals surface area contributed by atoms with E-state index in [9.17, 15) is 0 Å². The molecule has 2 aromatic rings. The molecule has 0 saturated heterocycles. The molecule has 1 aromatic carbocycles. The van der Waals surface area contributed by atoms with Crippen molar-refractivity contribution in [3.8, 4) is 0 Å². The highest BCUT2D eigenvalue weighted by atomic mass is 15.1. The average Bonchev–Trinajstić information content (AvgIpc) is 2.95. The van der Waals surface area contributed by atoms with E-state index in [0.717, 1.165) is 38.3 Å². The molecule has 0 radical (unpaired) electrons. The highest BCUT2D eigenvalue weighted by Crippen LogP contribution is 2.24. The largest absolute Gasteiger partial charge is 0.384 e. The number of rotatable bonds is 5. The molecule has 1 N–H and O–H groups in total. The monoisotopic (exact) mass is 267 g/mol. The molecular weight excluding hydrogens is 246 g/mol. The highest BCUT2D eigenvalue weighted by Gasteiger charge is 2.11. The molecule has 0 atom stereocenters. The van der Waals surface area contributed by atoms with Gasteiger partial charge in [0.2, 0.25) is 0 Å². The van der Waals surface area contributed by atoms with Crippen molar-refractivity contribution >= 4 is 5.69 Å². The van der Waals surface area contributed by atoms with E-state index < -0.39 is 0 Å². The van der Waals surface area contributed by atoms with E-state index in [0.29, 0.717) is 0 Å². The minimum Gasteiger partial charge on any atom is -0.384 e. The van der Waals surface area contributed by atoms with E-state index >= 15 is 0 Å². The molecule has 0 bridgehead atoms. The summed E-state index contributed by atoms with van der Waals surface area (Å²) in [6.45, 7) is 6.18. The summed E-state index contributed by atoms with van der Waals surface area (Å²) in [4.78, 5) is 6.83. The summed E-state index contributed by atoms with van der Waals surface area (Å²) in [6.07, 6.45) is 3.02. The first kappa shape index (κ1) is 13.1. The zero-order chi connectivity index (χ0) is 13.8. The predicted molar refractivity (Wildman–Crippen MR) is 82.7 cm³/mol. The second kappa shape index (κ2) is 6.06. The lowest BCUT2D eigenvalue weighted by Crippen LogP contribution is -2.22. The lowest BCUT2D eigenvalue weighted by molar-refractivity contribution is 0.268. The predicted octanol–water partition coefficient (Wildman–Crippen LogP) is 3.07. The number of hydrogen-bond donors (Lipinski definition) is 1. The molecule has 1 aromatic heterocycles. The molecule has 3 rings (SSSR count). The van der Waals surface area contributed by atoms with Gasteiger partial charge in [0.25, 0.3) is 0 Å². The second-order valence-corrected chi connectivity index (χ2v) is 5.29. The van der Waals surface area contributed by atoms with Crippen LogP contribution in [-0.4, -0.2) is 23.0 Å². The summed E-state index contributed by atoms with van der Waals surface area (Å²) >= 11 is 0. The number of hydrogen-bond acceptors (Lipinski definition) is 3. The summed E-state index contributed by atoms with van der Waals surface area (Å²) in [6, 6.07) is 12.9. The van der Waals surface area contributed by atoms with Crippen molar-refractivity contribution in [2.24, 2.45) is 0 Å². The van der Waals surface area contributed by atoms with Gasteiger partial charge in [-0.1, -0.05) is 25.1 Å². The van der Waals surface area contributed by atoms with Crippen LogP contribution < -0.4 is 5.32 Å². The maximum absolute atomic E-state index is 4.41. The SMILES string of the molecule is CCN(Cc1ccc2c(c1)NCC2)Cc1ccccn1. The van der Waals surface area contributed by atoms with Crippen molar-refractivity contribution in [3.05, 3.63) is 59.4 Å². The van der Waals surface area contributed by atoms with Crippen LogP contribution in [-0.2, 0) is 19.5 Å². The standard InChI is InChI=1S/C17H21N3/c1-2-20(13-16-5-3-4-9-18-16)12-14-6-7-15-8-10-19-17(15)11-14/h3-7,9,11,19H,2,8,10,12-13H2,1H3. The first-order valence-electron chi connectivity index (χ1n) is 7.33. The molecule has 2 heterocycles. The van der Waals surface area contributed by atoms with Crippen molar-refractivity contribution in [3.63, 3.8) is 0 Å². The van der Waals surface area contributed by atoms with E-state index in [2.05, 4.69) is 52.5 Å². The Morgan fingerprint density at radius 1 is 1.20 bits per heavy atom. The van der Waals surface area contributed by atoms with E-state index in [4.69, 9.17) is 0 Å². The molecule has 0 spiro atoms. The van der Waals surface area contributed by atoms with Crippen molar-refractivity contribution in [1.29, 1.82) is 0 Å². The molecule has 104 valence electrons. The molecule has 1 aliphatic heterocycles. The fourth-order valence-corrected chi connectivity index (χ4v) is 2.69. The van der Waals surface area contributed by atoms with Crippen LogP contribution in [0, 0.1) is 0 Å². The Morgan fingerprint density at radius 2 is 2.15 bits per heavy atom. The van der Waals surface area contributed by atoms with Crippen molar-refractivity contribution in [1.82, 2.24) is 9.88 Å². The van der Waals surface area contributed by atoms with E-state index in [-0.39, 0.29) is 0 Å². The normalized spacial score (nSPS) is 13.3. The van der Waals surface area contributed by atoms with Crippen LogP contribution in [0.15, 0.2) is 42.6 Å². The molecule has 1 aliphatic rings. The van der Waals surface area contributed by atoms with Crippen LogP contribution in [0.3, 0.4) is 0 Å². The molecule has 0 saturated carbocycles. The number of fused-ring (bicyclic) bond motifs is 1. The number of benzene rings is 1. The molecule has 0 unspecified atom stereocenters. The van der Waals surface area contributed by atoms with Crippen molar-refractivity contribution in [2.45, 2.75) is 26.4 Å². The number of pyridine rings is 1. The molecular formula is C17H21N3.